The summed E-state index contributed by atoms with van der Waals surface area (Å²) in [5, 5.41) is 19.5. The molecule has 2 aromatic carbocycles. The predicted molar refractivity (Wildman–Crippen MR) is 90.1 cm³/mol. The van der Waals surface area contributed by atoms with E-state index in [0.29, 0.717) is 10.9 Å². The van der Waals surface area contributed by atoms with Crippen molar-refractivity contribution in [3.63, 3.8) is 0 Å². The first kappa shape index (κ1) is 14.1. The number of aromatic nitrogens is 5. The van der Waals surface area contributed by atoms with Crippen molar-refractivity contribution in [3.8, 4) is 11.1 Å². The number of aromatic amines is 1. The van der Waals surface area contributed by atoms with Gasteiger partial charge in [0.1, 0.15) is 16.6 Å². The number of benzene rings is 2. The second-order valence-corrected chi connectivity index (χ2v) is 5.51. The van der Waals surface area contributed by atoms with Crippen LogP contribution in [0, 0.1) is 6.92 Å². The molecule has 4 aromatic rings. The van der Waals surface area contributed by atoms with Gasteiger partial charge < -0.3 is 11.5 Å². The Morgan fingerprint density at radius 2 is 1.88 bits per heavy atom. The maximum Gasteiger partial charge on any atom is 0.271 e. The van der Waals surface area contributed by atoms with Gasteiger partial charge in [-0.3, -0.25) is 4.79 Å². The van der Waals surface area contributed by atoms with Gasteiger partial charge in [0.05, 0.1) is 5.69 Å². The molecule has 0 saturated heterocycles. The highest BCUT2D eigenvalue weighted by atomic mass is 16.1. The van der Waals surface area contributed by atoms with Crippen LogP contribution in [0.4, 0.5) is 5.69 Å². The van der Waals surface area contributed by atoms with Gasteiger partial charge >= 0.3 is 0 Å². The van der Waals surface area contributed by atoms with Gasteiger partial charge in [-0.15, -0.1) is 10.2 Å². The highest BCUT2D eigenvalue weighted by Crippen LogP contribution is 2.34. The number of rotatable bonds is 2. The standard InChI is InChI=1S/C16H13N7O/c1-7-2-4-9-13(17)15(16(18)24)22-21-14(9)12(7)8-3-5-10-11(6-8)20-23-19-10/h2-6H,1H3,(H2,17,21)(H2,18,24)(H,19,20,23). The number of primary amides is 1. The van der Waals surface area contributed by atoms with E-state index in [1.807, 2.05) is 37.3 Å². The van der Waals surface area contributed by atoms with E-state index in [-0.39, 0.29) is 11.4 Å². The number of carbonyl (C=O) groups is 1. The minimum Gasteiger partial charge on any atom is -0.396 e. The Kier molecular flexibility index (Phi) is 2.92. The van der Waals surface area contributed by atoms with Gasteiger partial charge in [0.25, 0.3) is 5.91 Å². The van der Waals surface area contributed by atoms with Crippen LogP contribution >= 0.6 is 0 Å². The number of carbonyl (C=O) groups excluding carboxylic acids is 1. The molecule has 0 radical (unpaired) electrons. The smallest absolute Gasteiger partial charge is 0.271 e. The van der Waals surface area contributed by atoms with Crippen LogP contribution in [-0.2, 0) is 0 Å². The van der Waals surface area contributed by atoms with Gasteiger partial charge in [0, 0.05) is 10.9 Å². The number of fused-ring (bicyclic) bond motifs is 2. The molecule has 1 amide bonds. The van der Waals surface area contributed by atoms with Crippen LogP contribution in [0.3, 0.4) is 0 Å². The van der Waals surface area contributed by atoms with E-state index >= 15 is 0 Å². The van der Waals surface area contributed by atoms with E-state index in [1.165, 1.54) is 0 Å². The molecule has 0 spiro atoms. The molecule has 5 N–H and O–H groups in total. The first-order valence-electron chi connectivity index (χ1n) is 7.22. The summed E-state index contributed by atoms with van der Waals surface area (Å²) in [5.41, 5.74) is 16.5. The molecule has 8 heteroatoms. The van der Waals surface area contributed by atoms with E-state index in [9.17, 15) is 4.79 Å². The SMILES string of the molecule is Cc1ccc2c(N)c(C(N)=O)nnc2c1-c1ccc2n[nH]nc2c1. The maximum atomic E-state index is 11.4. The van der Waals surface area contributed by atoms with Crippen LogP contribution < -0.4 is 11.5 Å². The average molecular weight is 319 g/mol. The van der Waals surface area contributed by atoms with Crippen LogP contribution in [0.5, 0.6) is 0 Å². The van der Waals surface area contributed by atoms with Gasteiger partial charge in [0.15, 0.2) is 5.69 Å². The predicted octanol–water partition coefficient (Wildman–Crippen LogP) is 1.56. The van der Waals surface area contributed by atoms with Crippen molar-refractivity contribution in [3.05, 3.63) is 41.6 Å². The molecular formula is C16H13N7O. The van der Waals surface area contributed by atoms with Gasteiger partial charge in [-0.25, -0.2) is 0 Å². The third kappa shape index (κ3) is 1.97. The van der Waals surface area contributed by atoms with Crippen LogP contribution in [0.2, 0.25) is 0 Å². The average Bonchev–Trinajstić information content (AvgIpc) is 3.02. The zero-order chi connectivity index (χ0) is 16.8. The van der Waals surface area contributed by atoms with E-state index in [2.05, 4.69) is 25.6 Å². The number of H-pyrrole nitrogens is 1. The van der Waals surface area contributed by atoms with Crippen molar-refractivity contribution in [2.75, 3.05) is 5.73 Å². The molecule has 0 saturated carbocycles. The Bertz CT molecular complexity index is 1120. The van der Waals surface area contributed by atoms with Crippen molar-refractivity contribution in [2.45, 2.75) is 6.92 Å². The number of anilines is 1. The first-order valence-corrected chi connectivity index (χ1v) is 7.22. The summed E-state index contributed by atoms with van der Waals surface area (Å²) in [6.45, 7) is 1.97. The van der Waals surface area contributed by atoms with Gasteiger partial charge in [-0.05, 0) is 30.2 Å². The van der Waals surface area contributed by atoms with Crippen molar-refractivity contribution >= 4 is 33.5 Å². The Balaban J connectivity index is 2.05. The number of nitrogens with one attached hydrogen (secondary N) is 1. The fourth-order valence-electron chi connectivity index (χ4n) is 2.84. The number of amides is 1. The summed E-state index contributed by atoms with van der Waals surface area (Å²) in [4.78, 5) is 11.4. The molecule has 0 aliphatic heterocycles. The lowest BCUT2D eigenvalue weighted by Crippen LogP contribution is -2.16. The number of nitrogens with zero attached hydrogens (tertiary/aromatic N) is 4. The molecule has 2 heterocycles. The number of aryl methyl sites for hydroxylation is 1. The summed E-state index contributed by atoms with van der Waals surface area (Å²) in [6.07, 6.45) is 0. The molecule has 0 atom stereocenters. The Morgan fingerprint density at radius 3 is 2.67 bits per heavy atom. The normalized spacial score (nSPS) is 11.2. The zero-order valence-corrected chi connectivity index (χ0v) is 12.7. The van der Waals surface area contributed by atoms with Gasteiger partial charge in [-0.1, -0.05) is 18.2 Å². The maximum absolute atomic E-state index is 11.4. The summed E-state index contributed by atoms with van der Waals surface area (Å²) in [6, 6.07) is 9.47. The van der Waals surface area contributed by atoms with Gasteiger partial charge in [-0.2, -0.15) is 15.4 Å². The van der Waals surface area contributed by atoms with Crippen LogP contribution in [0.25, 0.3) is 33.1 Å². The molecule has 118 valence electrons. The molecule has 8 nitrogen and oxygen atoms in total. The molecule has 4 rings (SSSR count). The third-order valence-electron chi connectivity index (χ3n) is 4.02. The molecule has 0 aliphatic rings. The summed E-state index contributed by atoms with van der Waals surface area (Å²) in [5.74, 6) is -0.701. The molecule has 0 bridgehead atoms. The topological polar surface area (TPSA) is 136 Å². The summed E-state index contributed by atoms with van der Waals surface area (Å²) in [7, 11) is 0. The van der Waals surface area contributed by atoms with Crippen LogP contribution in [0.15, 0.2) is 30.3 Å². The summed E-state index contributed by atoms with van der Waals surface area (Å²) >= 11 is 0. The van der Waals surface area contributed by atoms with Gasteiger partial charge in [0.2, 0.25) is 0 Å². The van der Waals surface area contributed by atoms with Crippen LogP contribution in [-0.4, -0.2) is 31.5 Å². The number of nitrogen functional groups attached to an aromatic ring is 1. The number of hydrogen-bond acceptors (Lipinski definition) is 6. The molecule has 0 aliphatic carbocycles. The fraction of sp³-hybridized carbons (Fsp3) is 0.0625. The lowest BCUT2D eigenvalue weighted by molar-refractivity contribution is 0.0996. The lowest BCUT2D eigenvalue weighted by Gasteiger charge is -2.12. The lowest BCUT2D eigenvalue weighted by atomic mass is 9.96. The van der Waals surface area contributed by atoms with E-state index in [4.69, 9.17) is 11.5 Å². The Morgan fingerprint density at radius 1 is 1.08 bits per heavy atom. The van der Waals surface area contributed by atoms with Crippen molar-refractivity contribution in [1.29, 1.82) is 0 Å². The number of hydrogen-bond donors (Lipinski definition) is 3. The number of nitrogens with two attached hydrogens (primary N) is 2. The molecular weight excluding hydrogens is 306 g/mol. The Labute approximate surface area is 135 Å². The van der Waals surface area contributed by atoms with E-state index in [0.717, 1.165) is 27.7 Å². The fourth-order valence-corrected chi connectivity index (χ4v) is 2.84. The largest absolute Gasteiger partial charge is 0.396 e. The monoisotopic (exact) mass is 319 g/mol. The van der Waals surface area contributed by atoms with Crippen molar-refractivity contribution in [1.82, 2.24) is 25.6 Å². The highest BCUT2D eigenvalue weighted by molar-refractivity contribution is 6.07. The molecule has 0 unspecified atom stereocenters. The van der Waals surface area contributed by atoms with Crippen molar-refractivity contribution < 1.29 is 4.79 Å². The first-order chi connectivity index (χ1) is 11.6. The summed E-state index contributed by atoms with van der Waals surface area (Å²) < 4.78 is 0. The second-order valence-electron chi connectivity index (χ2n) is 5.51. The van der Waals surface area contributed by atoms with E-state index in [1.54, 1.807) is 0 Å². The second kappa shape index (κ2) is 4.98. The van der Waals surface area contributed by atoms with Crippen molar-refractivity contribution in [2.24, 2.45) is 5.73 Å². The van der Waals surface area contributed by atoms with E-state index < -0.39 is 5.91 Å². The highest BCUT2D eigenvalue weighted by Gasteiger charge is 2.17. The minimum absolute atomic E-state index is 0.0238. The molecule has 0 fully saturated rings. The van der Waals surface area contributed by atoms with Crippen LogP contribution in [0.1, 0.15) is 16.1 Å². The molecule has 2 aromatic heterocycles. The zero-order valence-electron chi connectivity index (χ0n) is 12.7. The minimum atomic E-state index is -0.701. The third-order valence-corrected chi connectivity index (χ3v) is 4.02. The Hall–Kier alpha value is -3.55. The quantitative estimate of drug-likeness (QED) is 0.513. The molecule has 24 heavy (non-hydrogen) atoms.